The van der Waals surface area contributed by atoms with Crippen LogP contribution in [0.15, 0.2) is 22.7 Å². The van der Waals surface area contributed by atoms with Crippen LogP contribution in [0.4, 0.5) is 4.79 Å². The highest BCUT2D eigenvalue weighted by Gasteiger charge is 2.30. The van der Waals surface area contributed by atoms with Gasteiger partial charge in [-0.1, -0.05) is 22.0 Å². The minimum Gasteiger partial charge on any atom is -0.443 e. The Labute approximate surface area is 144 Å². The molecule has 0 amide bonds. The van der Waals surface area contributed by atoms with Gasteiger partial charge in [0, 0.05) is 29.1 Å². The quantitative estimate of drug-likeness (QED) is 0.721. The van der Waals surface area contributed by atoms with Crippen molar-refractivity contribution in [3.63, 3.8) is 0 Å². The predicted octanol–water partition coefficient (Wildman–Crippen LogP) is 4.69. The van der Waals surface area contributed by atoms with E-state index in [1.165, 1.54) is 5.56 Å². The summed E-state index contributed by atoms with van der Waals surface area (Å²) in [6, 6.07) is 5.94. The molecule has 1 aliphatic rings. The van der Waals surface area contributed by atoms with Gasteiger partial charge in [-0.25, -0.2) is 9.36 Å². The fourth-order valence-electron chi connectivity index (χ4n) is 3.25. The van der Waals surface area contributed by atoms with Crippen molar-refractivity contribution in [2.45, 2.75) is 51.7 Å². The lowest BCUT2D eigenvalue weighted by Gasteiger charge is -2.24. The largest absolute Gasteiger partial charge is 0.443 e. The zero-order valence-electron chi connectivity index (χ0n) is 14.0. The molecule has 0 radical (unpaired) electrons. The van der Waals surface area contributed by atoms with Gasteiger partial charge in [0.15, 0.2) is 0 Å². The summed E-state index contributed by atoms with van der Waals surface area (Å²) < 4.78 is 13.9. The lowest BCUT2D eigenvalue weighted by atomic mass is 9.93. The van der Waals surface area contributed by atoms with Crippen molar-refractivity contribution >= 4 is 32.9 Å². The number of nitrogens with zero attached hydrogens (tertiary/aromatic N) is 1. The Hall–Kier alpha value is -1.33. The van der Waals surface area contributed by atoms with Gasteiger partial charge in [-0.3, -0.25) is 0 Å². The maximum absolute atomic E-state index is 12.8. The molecular weight excluding hydrogens is 358 g/mol. The van der Waals surface area contributed by atoms with Crippen molar-refractivity contribution in [3.8, 4) is 0 Å². The first-order chi connectivity index (χ1) is 10.8. The van der Waals surface area contributed by atoms with Gasteiger partial charge in [0.25, 0.3) is 0 Å². The molecule has 3 rings (SSSR count). The molecule has 0 saturated carbocycles. The smallest absolute Gasteiger partial charge is 0.419 e. The number of benzene rings is 1. The Morgan fingerprint density at radius 3 is 2.74 bits per heavy atom. The summed E-state index contributed by atoms with van der Waals surface area (Å²) in [5.74, 6) is 0. The third kappa shape index (κ3) is 3.04. The van der Waals surface area contributed by atoms with E-state index in [-0.39, 0.29) is 12.2 Å². The van der Waals surface area contributed by atoms with E-state index in [4.69, 9.17) is 9.47 Å². The Morgan fingerprint density at radius 1 is 1.35 bits per heavy atom. The van der Waals surface area contributed by atoms with Gasteiger partial charge < -0.3 is 9.47 Å². The van der Waals surface area contributed by atoms with Crippen LogP contribution in [-0.4, -0.2) is 29.5 Å². The highest BCUT2D eigenvalue weighted by Crippen LogP contribution is 2.37. The van der Waals surface area contributed by atoms with Crippen molar-refractivity contribution in [3.05, 3.63) is 33.9 Å². The minimum atomic E-state index is -0.518. The topological polar surface area (TPSA) is 40.5 Å². The van der Waals surface area contributed by atoms with Gasteiger partial charge in [-0.15, -0.1) is 0 Å². The van der Waals surface area contributed by atoms with Crippen molar-refractivity contribution in [1.29, 1.82) is 0 Å². The third-order valence-corrected chi connectivity index (χ3v) is 4.86. The van der Waals surface area contributed by atoms with Crippen LogP contribution >= 0.6 is 15.9 Å². The van der Waals surface area contributed by atoms with Crippen molar-refractivity contribution in [2.24, 2.45) is 0 Å². The number of carbonyl (C=O) groups is 1. The van der Waals surface area contributed by atoms with Gasteiger partial charge in [-0.05, 0) is 51.3 Å². The summed E-state index contributed by atoms with van der Waals surface area (Å²) >= 11 is 3.64. The van der Waals surface area contributed by atoms with E-state index in [2.05, 4.69) is 15.9 Å². The molecule has 1 aromatic carbocycles. The fraction of sp³-hybridized carbons (Fsp3) is 0.500. The summed E-state index contributed by atoms with van der Waals surface area (Å²) in [5.41, 5.74) is 2.62. The van der Waals surface area contributed by atoms with E-state index in [0.29, 0.717) is 0 Å². The Morgan fingerprint density at radius 2 is 2.09 bits per heavy atom. The molecule has 1 aliphatic carbocycles. The molecule has 0 fully saturated rings. The van der Waals surface area contributed by atoms with Crippen LogP contribution in [0.5, 0.6) is 0 Å². The minimum absolute atomic E-state index is 0.201. The van der Waals surface area contributed by atoms with Gasteiger partial charge in [0.2, 0.25) is 0 Å². The van der Waals surface area contributed by atoms with Gasteiger partial charge in [0.1, 0.15) is 5.60 Å². The third-order valence-electron chi connectivity index (χ3n) is 4.20. The molecule has 1 atom stereocenters. The highest BCUT2D eigenvalue weighted by molar-refractivity contribution is 9.10. The molecule has 0 N–H and O–H groups in total. The number of hydrogen-bond donors (Lipinski definition) is 0. The van der Waals surface area contributed by atoms with Gasteiger partial charge in [0.05, 0.1) is 11.6 Å². The summed E-state index contributed by atoms with van der Waals surface area (Å²) in [6.07, 6.45) is 2.44. The molecule has 4 nitrogen and oxygen atoms in total. The van der Waals surface area contributed by atoms with E-state index in [0.717, 1.165) is 40.3 Å². The molecule has 124 valence electrons. The molecule has 5 heteroatoms. The van der Waals surface area contributed by atoms with Crippen LogP contribution < -0.4 is 0 Å². The van der Waals surface area contributed by atoms with Crippen LogP contribution in [0.3, 0.4) is 0 Å². The summed E-state index contributed by atoms with van der Waals surface area (Å²) in [6.45, 7) is 5.67. The average Bonchev–Trinajstić information content (AvgIpc) is 2.80. The van der Waals surface area contributed by atoms with Crippen LogP contribution in [0.1, 0.15) is 38.4 Å². The van der Waals surface area contributed by atoms with Crippen molar-refractivity contribution in [1.82, 2.24) is 4.57 Å². The van der Waals surface area contributed by atoms with Gasteiger partial charge >= 0.3 is 6.09 Å². The second-order valence-corrected chi connectivity index (χ2v) is 7.83. The van der Waals surface area contributed by atoms with Crippen LogP contribution in [0, 0.1) is 0 Å². The zero-order valence-corrected chi connectivity index (χ0v) is 15.6. The van der Waals surface area contributed by atoms with E-state index in [9.17, 15) is 4.79 Å². The zero-order chi connectivity index (χ0) is 16.8. The normalized spacial score (nSPS) is 18.0. The molecule has 0 saturated heterocycles. The summed E-state index contributed by atoms with van der Waals surface area (Å²) in [5, 5.41) is 1.09. The fourth-order valence-corrected chi connectivity index (χ4v) is 3.84. The number of carbonyl (C=O) groups excluding carboxylic acids is 1. The second-order valence-electron chi connectivity index (χ2n) is 6.98. The Balaban J connectivity index is 2.19. The maximum Gasteiger partial charge on any atom is 0.419 e. The Kier molecular flexibility index (Phi) is 4.27. The number of aromatic nitrogens is 1. The monoisotopic (exact) mass is 379 g/mol. The molecule has 1 unspecified atom stereocenters. The molecule has 0 aliphatic heterocycles. The molecule has 1 aromatic heterocycles. The van der Waals surface area contributed by atoms with Crippen LogP contribution in [0.2, 0.25) is 0 Å². The summed E-state index contributed by atoms with van der Waals surface area (Å²) in [7, 11) is 1.75. The SMILES string of the molecule is COC1CCc2c(c3c(Br)cccc3n2C(=O)OC(C)(C)C)C1. The summed E-state index contributed by atoms with van der Waals surface area (Å²) in [4.78, 5) is 12.8. The first kappa shape index (κ1) is 16.5. The van der Waals surface area contributed by atoms with Crippen molar-refractivity contribution < 1.29 is 14.3 Å². The van der Waals surface area contributed by atoms with Crippen molar-refractivity contribution in [2.75, 3.05) is 7.11 Å². The van der Waals surface area contributed by atoms with Crippen LogP contribution in [0.25, 0.3) is 10.9 Å². The number of rotatable bonds is 1. The molecule has 0 bridgehead atoms. The molecule has 2 aromatic rings. The van der Waals surface area contributed by atoms with E-state index < -0.39 is 5.60 Å². The highest BCUT2D eigenvalue weighted by atomic mass is 79.9. The Bertz CT molecular complexity index is 758. The lowest BCUT2D eigenvalue weighted by molar-refractivity contribution is 0.0531. The number of methoxy groups -OCH3 is 1. The number of ether oxygens (including phenoxy) is 2. The first-order valence-corrected chi connectivity index (χ1v) is 8.68. The molecule has 23 heavy (non-hydrogen) atoms. The molecule has 1 heterocycles. The molecule has 0 spiro atoms. The van der Waals surface area contributed by atoms with Gasteiger partial charge in [-0.2, -0.15) is 0 Å². The number of fused-ring (bicyclic) bond motifs is 3. The average molecular weight is 380 g/mol. The number of halogens is 1. The van der Waals surface area contributed by atoms with Crippen LogP contribution in [-0.2, 0) is 22.3 Å². The first-order valence-electron chi connectivity index (χ1n) is 7.88. The predicted molar refractivity (Wildman–Crippen MR) is 94.1 cm³/mol. The van der Waals surface area contributed by atoms with E-state index in [1.807, 2.05) is 39.0 Å². The second kappa shape index (κ2) is 5.95. The van der Waals surface area contributed by atoms with E-state index >= 15 is 0 Å². The standard InChI is InChI=1S/C18H22BrNO3/c1-18(2,3)23-17(21)20-14-9-8-11(22-4)10-12(14)16-13(19)6-5-7-15(16)20/h5-7,11H,8-10H2,1-4H3. The lowest BCUT2D eigenvalue weighted by Crippen LogP contribution is -2.29. The van der Waals surface area contributed by atoms with E-state index in [1.54, 1.807) is 11.7 Å². The molecular formula is C18H22BrNO3. The maximum atomic E-state index is 12.8. The number of hydrogen-bond acceptors (Lipinski definition) is 3.